The van der Waals surface area contributed by atoms with Gasteiger partial charge in [0, 0.05) is 0 Å². The quantitative estimate of drug-likeness (QED) is 0.189. The third-order valence-corrected chi connectivity index (χ3v) is 14.5. The molecule has 0 fully saturated rings. The molecular formula is C18H40O6Sn. The van der Waals surface area contributed by atoms with Gasteiger partial charge in [0.1, 0.15) is 0 Å². The van der Waals surface area contributed by atoms with Crippen molar-refractivity contribution in [3.63, 3.8) is 0 Å². The predicted molar refractivity (Wildman–Crippen MR) is 104 cm³/mol. The summed E-state index contributed by atoms with van der Waals surface area (Å²) < 4.78 is 36.0. The summed E-state index contributed by atoms with van der Waals surface area (Å²) in [7, 11) is 5.12. The van der Waals surface area contributed by atoms with Gasteiger partial charge in [-0.2, -0.15) is 0 Å². The Bertz CT molecular complexity index is 208. The van der Waals surface area contributed by atoms with Crippen LogP contribution in [0.5, 0.6) is 0 Å². The molecule has 7 heteroatoms. The third kappa shape index (κ3) is 20.7. The number of methoxy groups -OCH3 is 3. The average molecular weight is 471 g/mol. The van der Waals surface area contributed by atoms with Crippen LogP contribution in [0.3, 0.4) is 0 Å². The van der Waals surface area contributed by atoms with Crippen LogP contribution in [0.4, 0.5) is 0 Å². The van der Waals surface area contributed by atoms with Gasteiger partial charge in [-0.3, -0.25) is 0 Å². The number of ether oxygens (including phenoxy) is 6. The summed E-state index contributed by atoms with van der Waals surface area (Å²) in [4.78, 5) is 0. The third-order valence-electron chi connectivity index (χ3n) is 4.00. The van der Waals surface area contributed by atoms with E-state index in [1.165, 1.54) is 32.6 Å². The van der Waals surface area contributed by atoms with Gasteiger partial charge in [0.25, 0.3) is 0 Å². The molecule has 0 spiro atoms. The molecule has 0 saturated heterocycles. The monoisotopic (exact) mass is 472 g/mol. The summed E-state index contributed by atoms with van der Waals surface area (Å²) in [5, 5.41) is 0. The van der Waals surface area contributed by atoms with Crippen LogP contribution >= 0.6 is 0 Å². The van der Waals surface area contributed by atoms with E-state index in [1.54, 1.807) is 21.3 Å². The van der Waals surface area contributed by atoms with E-state index in [4.69, 9.17) is 28.4 Å². The molecule has 0 radical (unpaired) electrons. The molecule has 0 bridgehead atoms. The molecule has 152 valence electrons. The molecule has 0 amide bonds. The maximum absolute atomic E-state index is 5.60. The maximum atomic E-state index is 5.60. The Labute approximate surface area is 161 Å². The van der Waals surface area contributed by atoms with E-state index in [-0.39, 0.29) is 0 Å². The Morgan fingerprint density at radius 2 is 0.760 bits per heavy atom. The first kappa shape index (κ1) is 25.6. The molecular weight excluding hydrogens is 431 g/mol. The van der Waals surface area contributed by atoms with Crippen LogP contribution < -0.4 is 0 Å². The fourth-order valence-electron chi connectivity index (χ4n) is 2.59. The molecule has 0 aliphatic carbocycles. The van der Waals surface area contributed by atoms with Crippen LogP contribution in [-0.2, 0) is 28.4 Å². The van der Waals surface area contributed by atoms with Gasteiger partial charge in [-0.05, 0) is 0 Å². The molecule has 0 N–H and O–H groups in total. The van der Waals surface area contributed by atoms with Gasteiger partial charge in [0.2, 0.25) is 0 Å². The summed E-state index contributed by atoms with van der Waals surface area (Å²) in [5.74, 6) is 0. The van der Waals surface area contributed by atoms with E-state index in [1.807, 2.05) is 0 Å². The van der Waals surface area contributed by atoms with E-state index in [0.29, 0.717) is 39.6 Å². The zero-order valence-corrected chi connectivity index (χ0v) is 19.9. The zero-order valence-electron chi connectivity index (χ0n) is 16.6. The minimum atomic E-state index is -1.49. The van der Waals surface area contributed by atoms with Crippen LogP contribution in [0.15, 0.2) is 0 Å². The van der Waals surface area contributed by atoms with Crippen LogP contribution in [0.2, 0.25) is 13.3 Å². The van der Waals surface area contributed by atoms with Crippen molar-refractivity contribution in [2.75, 3.05) is 80.8 Å². The summed E-state index contributed by atoms with van der Waals surface area (Å²) in [5.41, 5.74) is 0. The molecule has 0 saturated carbocycles. The van der Waals surface area contributed by atoms with E-state index in [2.05, 4.69) is 0 Å². The van der Waals surface area contributed by atoms with Crippen molar-refractivity contribution in [2.24, 2.45) is 0 Å². The molecule has 0 atom stereocenters. The van der Waals surface area contributed by atoms with Crippen molar-refractivity contribution in [2.45, 2.75) is 32.6 Å². The molecule has 0 aromatic heterocycles. The second kappa shape index (κ2) is 22.6. The Kier molecular flexibility index (Phi) is 23.1. The van der Waals surface area contributed by atoms with Gasteiger partial charge in [0.15, 0.2) is 0 Å². The second-order valence-electron chi connectivity index (χ2n) is 6.11. The second-order valence-corrected chi connectivity index (χ2v) is 16.0. The number of rotatable bonds is 21. The number of hydrogen-bond acceptors (Lipinski definition) is 6. The first-order valence-corrected chi connectivity index (χ1v) is 16.5. The van der Waals surface area contributed by atoms with Gasteiger partial charge in [0.05, 0.1) is 0 Å². The van der Waals surface area contributed by atoms with Crippen molar-refractivity contribution in [3.8, 4) is 0 Å². The van der Waals surface area contributed by atoms with E-state index in [0.717, 1.165) is 19.8 Å². The van der Waals surface area contributed by atoms with E-state index in [9.17, 15) is 0 Å². The summed E-state index contributed by atoms with van der Waals surface area (Å²) in [6.07, 6.45) is 3.58. The van der Waals surface area contributed by atoms with Crippen molar-refractivity contribution >= 4 is 19.8 Å². The van der Waals surface area contributed by atoms with E-state index < -0.39 is 19.8 Å². The van der Waals surface area contributed by atoms with Crippen molar-refractivity contribution in [1.82, 2.24) is 0 Å². The van der Waals surface area contributed by atoms with Gasteiger partial charge >= 0.3 is 162 Å². The normalized spacial score (nSPS) is 11.5. The topological polar surface area (TPSA) is 55.4 Å². The van der Waals surface area contributed by atoms with Gasteiger partial charge in [-0.15, -0.1) is 0 Å². The van der Waals surface area contributed by atoms with Crippen LogP contribution in [0, 0.1) is 0 Å². The fraction of sp³-hybridized carbons (Fsp3) is 1.00. The van der Waals surface area contributed by atoms with Crippen LogP contribution in [-0.4, -0.2) is 101 Å². The molecule has 0 aromatic rings. The van der Waals surface area contributed by atoms with Crippen molar-refractivity contribution in [1.29, 1.82) is 0 Å². The summed E-state index contributed by atoms with van der Waals surface area (Å²) in [6.45, 7) is 6.77. The van der Waals surface area contributed by atoms with Crippen molar-refractivity contribution in [3.05, 3.63) is 0 Å². The van der Waals surface area contributed by atoms with Crippen molar-refractivity contribution < 1.29 is 28.4 Å². The Balaban J connectivity index is 3.76. The SMILES string of the molecule is COCCOCC[CH2][SnH]([CH2]CCOCCOC)[CH2]CCOCCOC. The van der Waals surface area contributed by atoms with Gasteiger partial charge in [-0.25, -0.2) is 0 Å². The molecule has 0 rings (SSSR count). The molecule has 0 heterocycles. The first-order valence-electron chi connectivity index (χ1n) is 9.55. The summed E-state index contributed by atoms with van der Waals surface area (Å²) in [6, 6.07) is 0. The average Bonchev–Trinajstić information content (AvgIpc) is 2.63. The predicted octanol–water partition coefficient (Wildman–Crippen LogP) is 2.37. The zero-order chi connectivity index (χ0) is 18.4. The minimum absolute atomic E-state index is 0.685. The van der Waals surface area contributed by atoms with Gasteiger partial charge < -0.3 is 0 Å². The molecule has 0 aliphatic heterocycles. The molecule has 0 unspecified atom stereocenters. The Morgan fingerprint density at radius 1 is 0.440 bits per heavy atom. The number of hydrogen-bond donors (Lipinski definition) is 0. The molecule has 6 nitrogen and oxygen atoms in total. The standard InChI is InChI=1S/3C6H13O2.Sn.H/c3*1-3-4-8-6-5-7-2;;/h3*1,3-6H2,2H3;;. The Hall–Kier alpha value is 0.559. The molecule has 25 heavy (non-hydrogen) atoms. The van der Waals surface area contributed by atoms with Crippen LogP contribution in [0.1, 0.15) is 19.3 Å². The fourth-order valence-corrected chi connectivity index (χ4v) is 11.4. The van der Waals surface area contributed by atoms with E-state index >= 15 is 0 Å². The molecule has 0 aromatic carbocycles. The first-order chi connectivity index (χ1) is 12.3. The Morgan fingerprint density at radius 3 is 1.04 bits per heavy atom. The van der Waals surface area contributed by atoms with Crippen LogP contribution in [0.25, 0.3) is 0 Å². The molecule has 0 aliphatic rings. The summed E-state index contributed by atoms with van der Waals surface area (Å²) >= 11 is -1.49. The van der Waals surface area contributed by atoms with Gasteiger partial charge in [-0.1, -0.05) is 0 Å².